The second-order valence-corrected chi connectivity index (χ2v) is 15.1. The molecule has 0 radical (unpaired) electrons. The van der Waals surface area contributed by atoms with Crippen molar-refractivity contribution in [1.29, 1.82) is 15.8 Å². The summed E-state index contributed by atoms with van der Waals surface area (Å²) in [5, 5.41) is 31.0. The zero-order valence-corrected chi connectivity index (χ0v) is 36.4. The molecule has 8 aromatic rings. The van der Waals surface area contributed by atoms with Crippen molar-refractivity contribution < 1.29 is 9.47 Å². The summed E-state index contributed by atoms with van der Waals surface area (Å²) in [5.74, 6) is 1.59. The van der Waals surface area contributed by atoms with E-state index in [2.05, 4.69) is 88.7 Å². The molecule has 0 heterocycles. The summed E-state index contributed by atoms with van der Waals surface area (Å²) in [7, 11) is 3.32. The van der Waals surface area contributed by atoms with Gasteiger partial charge in [-0.15, -0.1) is 0 Å². The van der Waals surface area contributed by atoms with Crippen molar-refractivity contribution in [2.24, 2.45) is 0 Å². The zero-order valence-electron chi connectivity index (χ0n) is 36.4. The van der Waals surface area contributed by atoms with Gasteiger partial charge in [-0.05, 0) is 131 Å². The molecule has 0 saturated heterocycles. The molecule has 0 amide bonds. The molecule has 0 aromatic heterocycles. The fraction of sp³-hybridized carbons (Fsp3) is 0.0339. The van der Waals surface area contributed by atoms with E-state index in [4.69, 9.17) is 9.47 Å². The van der Waals surface area contributed by atoms with Crippen LogP contribution in [0.15, 0.2) is 200 Å². The van der Waals surface area contributed by atoms with Crippen molar-refractivity contribution in [3.05, 3.63) is 239 Å². The second kappa shape index (κ2) is 20.7. The number of allylic oxidation sites excluding steroid dienone is 2. The molecule has 0 bridgehead atoms. The Morgan fingerprint density at radius 1 is 0.394 bits per heavy atom. The van der Waals surface area contributed by atoms with E-state index < -0.39 is 0 Å². The summed E-state index contributed by atoms with van der Waals surface area (Å²) in [6, 6.07) is 72.4. The average Bonchev–Trinajstić information content (AvgIpc) is 3.39. The topological polar surface area (TPSA) is 96.3 Å². The number of nitrogens with zero attached hydrogens (tertiary/aromatic N) is 5. The molecule has 8 rings (SSSR count). The number of methoxy groups -OCH3 is 2. The smallest absolute Gasteiger partial charge is 0.119 e. The number of anilines is 6. The summed E-state index contributed by atoms with van der Waals surface area (Å²) >= 11 is 0. The Morgan fingerprint density at radius 2 is 0.742 bits per heavy atom. The molecule has 0 fully saturated rings. The number of rotatable bonds is 14. The Kier molecular flexibility index (Phi) is 13.6. The molecular formula is C59H43N5O2. The molecular weight excluding hydrogens is 811 g/mol. The van der Waals surface area contributed by atoms with Gasteiger partial charge < -0.3 is 19.3 Å². The van der Waals surface area contributed by atoms with Gasteiger partial charge >= 0.3 is 0 Å². The highest BCUT2D eigenvalue weighted by Crippen LogP contribution is 2.37. The first-order valence-corrected chi connectivity index (χ1v) is 21.2. The van der Waals surface area contributed by atoms with Gasteiger partial charge in [-0.25, -0.2) is 0 Å². The fourth-order valence-corrected chi connectivity index (χ4v) is 7.62. The maximum absolute atomic E-state index is 10.4. The van der Waals surface area contributed by atoms with E-state index in [1.807, 2.05) is 152 Å². The lowest BCUT2D eigenvalue weighted by Crippen LogP contribution is -2.09. The second-order valence-electron chi connectivity index (χ2n) is 15.1. The van der Waals surface area contributed by atoms with Crippen molar-refractivity contribution in [2.75, 3.05) is 24.0 Å². The third-order valence-electron chi connectivity index (χ3n) is 11.0. The van der Waals surface area contributed by atoms with Gasteiger partial charge in [-0.2, -0.15) is 15.8 Å². The minimum absolute atomic E-state index is 0.141. The Balaban J connectivity index is 0.972. The van der Waals surface area contributed by atoms with E-state index in [0.29, 0.717) is 16.7 Å². The molecule has 0 aliphatic rings. The molecule has 0 spiro atoms. The standard InChI is InChI=1S/C59H43N5O2/c1-65-55-34-30-53(31-35-55)63(49-9-5-3-6-10-49)51-26-19-44(20-27-51)14-13-43-17-24-47(25-18-43)58(41-61)59(42-62)57-38-23-46(39-48(57)40-60)16-15-45-21-28-52(29-22-45)64(50-11-7-4-8-12-50)54-32-36-56(66-2)37-33-54/h3-39H,1-2H3/b14-13+,16-15+,59-58+. The van der Waals surface area contributed by atoms with Crippen LogP contribution in [0.4, 0.5) is 34.1 Å². The normalized spacial score (nSPS) is 11.3. The fourth-order valence-electron chi connectivity index (χ4n) is 7.62. The van der Waals surface area contributed by atoms with Crippen LogP contribution >= 0.6 is 0 Å². The monoisotopic (exact) mass is 853 g/mol. The molecule has 7 nitrogen and oxygen atoms in total. The van der Waals surface area contributed by atoms with Crippen LogP contribution in [0.1, 0.15) is 38.9 Å². The Bertz CT molecular complexity index is 3140. The predicted molar refractivity (Wildman–Crippen MR) is 269 cm³/mol. The van der Waals surface area contributed by atoms with Crippen molar-refractivity contribution in [3.8, 4) is 29.7 Å². The maximum atomic E-state index is 10.4. The van der Waals surface area contributed by atoms with Gasteiger partial charge in [0.2, 0.25) is 0 Å². The Labute approximate surface area is 386 Å². The van der Waals surface area contributed by atoms with E-state index >= 15 is 0 Å². The number of hydrogen-bond acceptors (Lipinski definition) is 7. The summed E-state index contributed by atoms with van der Waals surface area (Å²) < 4.78 is 10.8. The first kappa shape index (κ1) is 43.3. The minimum atomic E-state index is 0.141. The number of benzene rings is 8. The van der Waals surface area contributed by atoms with E-state index in [1.54, 1.807) is 26.4 Å². The molecule has 7 heteroatoms. The van der Waals surface area contributed by atoms with Gasteiger partial charge in [0.1, 0.15) is 23.6 Å². The van der Waals surface area contributed by atoms with E-state index in [9.17, 15) is 15.8 Å². The molecule has 0 atom stereocenters. The number of nitriles is 3. The van der Waals surface area contributed by atoms with E-state index in [-0.39, 0.29) is 11.1 Å². The zero-order chi connectivity index (χ0) is 45.7. The summed E-state index contributed by atoms with van der Waals surface area (Å²) in [6.45, 7) is 0. The third-order valence-corrected chi connectivity index (χ3v) is 11.0. The number of ether oxygens (including phenoxy) is 2. The molecule has 0 saturated carbocycles. The largest absolute Gasteiger partial charge is 0.497 e. The van der Waals surface area contributed by atoms with Crippen LogP contribution in [-0.2, 0) is 0 Å². The lowest BCUT2D eigenvalue weighted by Gasteiger charge is -2.25. The maximum Gasteiger partial charge on any atom is 0.119 e. The molecule has 0 unspecified atom stereocenters. The van der Waals surface area contributed by atoms with Crippen molar-refractivity contribution in [2.45, 2.75) is 0 Å². The van der Waals surface area contributed by atoms with Crippen molar-refractivity contribution in [3.63, 3.8) is 0 Å². The Morgan fingerprint density at radius 3 is 1.12 bits per heavy atom. The van der Waals surface area contributed by atoms with Crippen LogP contribution in [0.25, 0.3) is 35.5 Å². The quantitative estimate of drug-likeness (QED) is 0.0794. The van der Waals surface area contributed by atoms with Crippen LogP contribution in [0.3, 0.4) is 0 Å². The minimum Gasteiger partial charge on any atom is -0.497 e. The van der Waals surface area contributed by atoms with Gasteiger partial charge in [-0.1, -0.05) is 121 Å². The van der Waals surface area contributed by atoms with Crippen molar-refractivity contribution in [1.82, 2.24) is 0 Å². The molecule has 8 aromatic carbocycles. The van der Waals surface area contributed by atoms with E-state index in [0.717, 1.165) is 67.9 Å². The van der Waals surface area contributed by atoms with E-state index in [1.165, 1.54) is 0 Å². The van der Waals surface area contributed by atoms with Crippen molar-refractivity contribution >= 4 is 69.6 Å². The highest BCUT2D eigenvalue weighted by molar-refractivity contribution is 6.04. The van der Waals surface area contributed by atoms with Gasteiger partial charge in [0, 0.05) is 39.7 Å². The number of para-hydroxylation sites is 2. The number of hydrogen-bond donors (Lipinski definition) is 0. The Hall–Kier alpha value is -9.35. The lowest BCUT2D eigenvalue weighted by atomic mass is 9.92. The molecule has 0 N–H and O–H groups in total. The average molecular weight is 854 g/mol. The van der Waals surface area contributed by atoms with Gasteiger partial charge in [-0.3, -0.25) is 0 Å². The third kappa shape index (κ3) is 9.96. The van der Waals surface area contributed by atoms with Crippen LogP contribution < -0.4 is 19.3 Å². The highest BCUT2D eigenvalue weighted by atomic mass is 16.5. The SMILES string of the molecule is COc1ccc(N(c2ccccc2)c2ccc(/C=C/c3ccc(/C(C#N)=C(\C#N)c4ccc(/C=C/c5ccc(N(c6ccccc6)c6ccc(OC)cc6)cc5)cc4C#N)cc3)cc2)cc1. The van der Waals surface area contributed by atoms with Crippen LogP contribution in [0, 0.1) is 34.0 Å². The van der Waals surface area contributed by atoms with Crippen LogP contribution in [-0.4, -0.2) is 14.2 Å². The highest BCUT2D eigenvalue weighted by Gasteiger charge is 2.17. The van der Waals surface area contributed by atoms with Gasteiger partial charge in [0.15, 0.2) is 0 Å². The first-order chi connectivity index (χ1) is 32.5. The lowest BCUT2D eigenvalue weighted by molar-refractivity contribution is 0.414. The molecule has 0 aliphatic heterocycles. The van der Waals surface area contributed by atoms with Gasteiger partial charge in [0.25, 0.3) is 0 Å². The predicted octanol–water partition coefficient (Wildman–Crippen LogP) is 14.8. The first-order valence-electron chi connectivity index (χ1n) is 21.2. The summed E-state index contributed by atoms with van der Waals surface area (Å²) in [5.41, 5.74) is 11.4. The summed E-state index contributed by atoms with van der Waals surface area (Å²) in [4.78, 5) is 4.37. The summed E-state index contributed by atoms with van der Waals surface area (Å²) in [6.07, 6.45) is 7.96. The molecule has 0 aliphatic carbocycles. The molecule has 66 heavy (non-hydrogen) atoms. The van der Waals surface area contributed by atoms with Gasteiger partial charge in [0.05, 0.1) is 37.0 Å². The molecule has 316 valence electrons. The van der Waals surface area contributed by atoms with Crippen LogP contribution in [0.5, 0.6) is 11.5 Å². The van der Waals surface area contributed by atoms with Crippen LogP contribution in [0.2, 0.25) is 0 Å².